The van der Waals surface area contributed by atoms with Gasteiger partial charge in [-0.2, -0.15) is 0 Å². The van der Waals surface area contributed by atoms with E-state index in [1.165, 1.54) is 6.07 Å². The van der Waals surface area contributed by atoms with Gasteiger partial charge in [-0.15, -0.1) is 0 Å². The fourth-order valence-electron chi connectivity index (χ4n) is 4.56. The van der Waals surface area contributed by atoms with E-state index < -0.39 is 0 Å². The second-order valence-electron chi connectivity index (χ2n) is 9.52. The molecular weight excluding hydrogens is 481 g/mol. The molecule has 6 nitrogen and oxygen atoms in total. The van der Waals surface area contributed by atoms with Crippen molar-refractivity contribution in [1.29, 1.82) is 0 Å². The minimum atomic E-state index is -0.342. The number of carbonyl (C=O) groups excluding carboxylic acids is 1. The molecule has 0 aliphatic carbocycles. The van der Waals surface area contributed by atoms with Crippen LogP contribution in [0, 0.1) is 12.7 Å². The van der Waals surface area contributed by atoms with Gasteiger partial charge >= 0.3 is 0 Å². The number of hydrogen-bond donors (Lipinski definition) is 0. The van der Waals surface area contributed by atoms with Crippen LogP contribution in [0.15, 0.2) is 84.3 Å². The lowest BCUT2D eigenvalue weighted by atomic mass is 9.91. The molecule has 5 rings (SSSR count). The first-order valence-electron chi connectivity index (χ1n) is 12.5. The lowest BCUT2D eigenvalue weighted by molar-refractivity contribution is 0.0826. The third-order valence-electron chi connectivity index (χ3n) is 6.70. The molecule has 3 heterocycles. The summed E-state index contributed by atoms with van der Waals surface area (Å²) in [5.74, 6) is 0.139. The Kier molecular flexibility index (Phi) is 7.26. The van der Waals surface area contributed by atoms with Gasteiger partial charge in [0.1, 0.15) is 11.6 Å². The number of ketones is 1. The number of ether oxygens (including phenoxy) is 1. The smallest absolute Gasteiger partial charge is 0.174 e. The molecule has 0 saturated carbocycles. The summed E-state index contributed by atoms with van der Waals surface area (Å²) >= 11 is 0. The van der Waals surface area contributed by atoms with Crippen LogP contribution in [0.5, 0.6) is 5.75 Å². The molecule has 2 aromatic carbocycles. The van der Waals surface area contributed by atoms with Gasteiger partial charge in [-0.25, -0.2) is 4.39 Å². The average molecular weight is 510 g/mol. The summed E-state index contributed by atoms with van der Waals surface area (Å²) in [6, 6.07) is 19.8. The van der Waals surface area contributed by atoms with Crippen LogP contribution in [0.3, 0.4) is 0 Å². The maximum absolute atomic E-state index is 15.0. The number of Topliss-reactive ketones (excluding diaryl/α,β-unsaturated/α-hetero) is 1. The highest BCUT2D eigenvalue weighted by molar-refractivity contribution is 6.06. The minimum absolute atomic E-state index is 0.0708. The van der Waals surface area contributed by atoms with Gasteiger partial charge in [0.15, 0.2) is 11.9 Å². The molecule has 0 bridgehead atoms. The van der Waals surface area contributed by atoms with Gasteiger partial charge < -0.3 is 9.57 Å². The zero-order chi connectivity index (χ0) is 26.6. The molecule has 2 atom stereocenters. The third kappa shape index (κ3) is 5.47. The predicted octanol–water partition coefficient (Wildman–Crippen LogP) is 6.84. The number of nitrogens with zero attached hydrogens (tertiary/aromatic N) is 3. The Hall–Kier alpha value is -4.39. The summed E-state index contributed by atoms with van der Waals surface area (Å²) in [5, 5.41) is 4.31. The Morgan fingerprint density at radius 1 is 1.05 bits per heavy atom. The molecule has 0 spiro atoms. The second-order valence-corrected chi connectivity index (χ2v) is 9.52. The first kappa shape index (κ1) is 25.3. The highest BCUT2D eigenvalue weighted by atomic mass is 19.1. The summed E-state index contributed by atoms with van der Waals surface area (Å²) in [6.45, 7) is 3.80. The van der Waals surface area contributed by atoms with Gasteiger partial charge in [-0.05, 0) is 60.5 Å². The zero-order valence-corrected chi connectivity index (χ0v) is 21.5. The predicted molar refractivity (Wildman–Crippen MR) is 144 cm³/mol. The van der Waals surface area contributed by atoms with Crippen LogP contribution in [0.2, 0.25) is 0 Å². The van der Waals surface area contributed by atoms with Crippen LogP contribution in [-0.4, -0.2) is 28.6 Å². The van der Waals surface area contributed by atoms with Crippen LogP contribution < -0.4 is 4.74 Å². The van der Waals surface area contributed by atoms with E-state index in [2.05, 4.69) is 15.1 Å². The number of aromatic nitrogens is 2. The maximum Gasteiger partial charge on any atom is 0.174 e. The van der Waals surface area contributed by atoms with Crippen molar-refractivity contribution in [2.24, 2.45) is 5.16 Å². The Morgan fingerprint density at radius 2 is 1.89 bits per heavy atom. The van der Waals surface area contributed by atoms with E-state index in [-0.39, 0.29) is 30.0 Å². The van der Waals surface area contributed by atoms with Crippen molar-refractivity contribution in [1.82, 2.24) is 9.97 Å². The van der Waals surface area contributed by atoms with Crippen LogP contribution in [-0.2, 0) is 4.84 Å². The van der Waals surface area contributed by atoms with Gasteiger partial charge in [-0.3, -0.25) is 14.8 Å². The summed E-state index contributed by atoms with van der Waals surface area (Å²) in [4.78, 5) is 28.0. The maximum atomic E-state index is 15.0. The van der Waals surface area contributed by atoms with Crippen molar-refractivity contribution in [3.05, 3.63) is 113 Å². The van der Waals surface area contributed by atoms with E-state index in [4.69, 9.17) is 9.57 Å². The van der Waals surface area contributed by atoms with E-state index in [0.29, 0.717) is 34.6 Å². The number of carbonyl (C=O) groups is 1. The van der Waals surface area contributed by atoms with Crippen LogP contribution in [0.4, 0.5) is 4.39 Å². The van der Waals surface area contributed by atoms with Crippen molar-refractivity contribution >= 4 is 11.5 Å². The number of pyridine rings is 2. The minimum Gasteiger partial charge on any atom is -0.497 e. The number of rotatable bonds is 8. The SMILES string of the molecule is COc1ccnc([C@@H](C)CC(=O)c2cc(C3=NOC(c4ccccn4)C3)cc(-c3ccc(C)cc3F)c2)c1. The molecule has 0 amide bonds. The van der Waals surface area contributed by atoms with Gasteiger partial charge in [-0.1, -0.05) is 30.3 Å². The van der Waals surface area contributed by atoms with Crippen LogP contribution in [0.25, 0.3) is 11.1 Å². The van der Waals surface area contributed by atoms with E-state index in [1.54, 1.807) is 37.7 Å². The average Bonchev–Trinajstić information content (AvgIpc) is 3.44. The van der Waals surface area contributed by atoms with Gasteiger partial charge in [0.25, 0.3) is 0 Å². The fraction of sp³-hybridized carbons (Fsp3) is 0.226. The van der Waals surface area contributed by atoms with Crippen molar-refractivity contribution < 1.29 is 18.8 Å². The lowest BCUT2D eigenvalue weighted by Gasteiger charge is -2.14. The number of aryl methyl sites for hydroxylation is 1. The molecule has 1 unspecified atom stereocenters. The first-order valence-corrected chi connectivity index (χ1v) is 12.5. The number of methoxy groups -OCH3 is 1. The van der Waals surface area contributed by atoms with Gasteiger partial charge in [0, 0.05) is 59.6 Å². The molecule has 0 radical (unpaired) electrons. The molecule has 1 aliphatic heterocycles. The lowest BCUT2D eigenvalue weighted by Crippen LogP contribution is -2.09. The molecule has 38 heavy (non-hydrogen) atoms. The number of benzene rings is 2. The number of hydrogen-bond acceptors (Lipinski definition) is 6. The molecule has 0 N–H and O–H groups in total. The van der Waals surface area contributed by atoms with Crippen LogP contribution in [0.1, 0.15) is 64.7 Å². The standard InChI is InChI=1S/C31H28FN3O3/c1-19-7-8-25(26(32)12-19)21-14-22(29-18-31(38-35-29)27-6-4-5-10-33-27)16-23(15-21)30(36)13-20(2)28-17-24(37-3)9-11-34-28/h4-12,14-17,20,31H,13,18H2,1-3H3/t20-,31?/m0/s1. The molecule has 7 heteroatoms. The summed E-state index contributed by atoms with van der Waals surface area (Å²) < 4.78 is 20.3. The highest BCUT2D eigenvalue weighted by Crippen LogP contribution is 2.32. The Labute approximate surface area is 221 Å². The molecule has 192 valence electrons. The Bertz CT molecular complexity index is 1500. The quantitative estimate of drug-likeness (QED) is 0.243. The van der Waals surface area contributed by atoms with Gasteiger partial charge in [0.2, 0.25) is 0 Å². The molecule has 0 fully saturated rings. The largest absolute Gasteiger partial charge is 0.497 e. The van der Waals surface area contributed by atoms with Crippen molar-refractivity contribution in [2.45, 2.75) is 38.7 Å². The second kappa shape index (κ2) is 10.9. The van der Waals surface area contributed by atoms with E-state index >= 15 is 0 Å². The molecule has 4 aromatic rings. The molecular formula is C31H28FN3O3. The highest BCUT2D eigenvalue weighted by Gasteiger charge is 2.26. The molecule has 2 aromatic heterocycles. The van der Waals surface area contributed by atoms with E-state index in [0.717, 1.165) is 22.5 Å². The topological polar surface area (TPSA) is 73.7 Å². The van der Waals surface area contributed by atoms with Gasteiger partial charge in [0.05, 0.1) is 18.5 Å². The monoisotopic (exact) mass is 509 g/mol. The van der Waals surface area contributed by atoms with Crippen molar-refractivity contribution in [3.63, 3.8) is 0 Å². The van der Waals surface area contributed by atoms with Crippen molar-refractivity contribution in [3.8, 4) is 16.9 Å². The number of oxime groups is 1. The molecule has 0 saturated heterocycles. The third-order valence-corrected chi connectivity index (χ3v) is 6.70. The zero-order valence-electron chi connectivity index (χ0n) is 21.5. The Balaban J connectivity index is 1.48. The summed E-state index contributed by atoms with van der Waals surface area (Å²) in [5.41, 5.74) is 5.30. The van der Waals surface area contributed by atoms with E-state index in [1.807, 2.05) is 56.3 Å². The Morgan fingerprint density at radius 3 is 2.66 bits per heavy atom. The normalized spacial score (nSPS) is 15.5. The van der Waals surface area contributed by atoms with Crippen molar-refractivity contribution in [2.75, 3.05) is 7.11 Å². The first-order chi connectivity index (χ1) is 18.4. The molecule has 1 aliphatic rings. The fourth-order valence-corrected chi connectivity index (χ4v) is 4.56. The van der Waals surface area contributed by atoms with Crippen LogP contribution >= 0.6 is 0 Å². The number of halogens is 1. The summed E-state index contributed by atoms with van der Waals surface area (Å²) in [7, 11) is 1.60. The summed E-state index contributed by atoms with van der Waals surface area (Å²) in [6.07, 6.45) is 3.80. The van der Waals surface area contributed by atoms with E-state index in [9.17, 15) is 9.18 Å².